The van der Waals surface area contributed by atoms with Crippen LogP contribution in [0.15, 0.2) is 78.2 Å². The number of benzene rings is 2. The molecule has 0 N–H and O–H groups in total. The number of aromatic nitrogens is 2. The number of imidazole rings is 1. The summed E-state index contributed by atoms with van der Waals surface area (Å²) in [6, 6.07) is 15.9. The summed E-state index contributed by atoms with van der Waals surface area (Å²) in [4.78, 5) is 4.29. The molecule has 0 aliphatic carbocycles. The summed E-state index contributed by atoms with van der Waals surface area (Å²) in [7, 11) is -3.54. The van der Waals surface area contributed by atoms with Gasteiger partial charge in [0.25, 0.3) is 0 Å². The molecule has 2 aromatic carbocycles. The number of rotatable bonds is 7. The topological polar surface area (TPSA) is 61.2 Å². The number of hydrogen-bond acceptors (Lipinski definition) is 4. The number of ether oxygens (including phenoxy) is 1. The Hall–Kier alpha value is -2.31. The van der Waals surface area contributed by atoms with Crippen molar-refractivity contribution < 1.29 is 13.2 Å². The van der Waals surface area contributed by atoms with Crippen LogP contribution in [0.25, 0.3) is 0 Å². The highest BCUT2D eigenvalue weighted by atomic mass is 35.5. The molecule has 0 aliphatic rings. The second-order valence-corrected chi connectivity index (χ2v) is 7.78. The molecule has 0 radical (unpaired) electrons. The molecule has 0 aliphatic heterocycles. The van der Waals surface area contributed by atoms with Gasteiger partial charge in [-0.3, -0.25) is 0 Å². The van der Waals surface area contributed by atoms with E-state index in [0.29, 0.717) is 18.7 Å². The van der Waals surface area contributed by atoms with Crippen molar-refractivity contribution in [3.63, 3.8) is 0 Å². The maximum Gasteiger partial charge on any atom is 0.216 e. The fourth-order valence-corrected chi connectivity index (χ4v) is 4.06. The Morgan fingerprint density at radius 1 is 1.08 bits per heavy atom. The molecule has 7 heteroatoms. The Labute approximate surface area is 160 Å². The average molecular weight is 393 g/mol. The quantitative estimate of drug-likeness (QED) is 0.611. The predicted octanol–water partition coefficient (Wildman–Crippen LogP) is 3.94. The molecule has 3 rings (SSSR count). The van der Waals surface area contributed by atoms with Crippen molar-refractivity contribution in [2.45, 2.75) is 30.2 Å². The Bertz CT molecular complexity index is 896. The lowest BCUT2D eigenvalue weighted by atomic mass is 10.2. The molecular weight excluding hydrogens is 372 g/mol. The summed E-state index contributed by atoms with van der Waals surface area (Å²) >= 11 is 0. The van der Waals surface area contributed by atoms with Crippen LogP contribution in [-0.4, -0.2) is 23.4 Å². The molecule has 0 bridgehead atoms. The van der Waals surface area contributed by atoms with E-state index < -0.39 is 15.3 Å². The predicted molar refractivity (Wildman–Crippen MR) is 103 cm³/mol. The minimum Gasteiger partial charge on any atom is -0.474 e. The Morgan fingerprint density at radius 2 is 1.77 bits per heavy atom. The summed E-state index contributed by atoms with van der Waals surface area (Å²) in [6.07, 6.45) is 5.75. The van der Waals surface area contributed by atoms with Crippen molar-refractivity contribution in [1.82, 2.24) is 9.55 Å². The first kappa shape index (κ1) is 20.0. The third kappa shape index (κ3) is 4.65. The smallest absolute Gasteiger partial charge is 0.216 e. The van der Waals surface area contributed by atoms with Gasteiger partial charge in [0.15, 0.2) is 0 Å². The van der Waals surface area contributed by atoms with Crippen LogP contribution in [0.1, 0.15) is 18.9 Å². The van der Waals surface area contributed by atoms with Crippen LogP contribution in [0.3, 0.4) is 0 Å². The molecule has 1 heterocycles. The normalized spacial score (nSPS) is 12.2. The Morgan fingerprint density at radius 3 is 2.35 bits per heavy atom. The van der Waals surface area contributed by atoms with Gasteiger partial charge >= 0.3 is 0 Å². The lowest BCUT2D eigenvalue weighted by Gasteiger charge is -2.18. The lowest BCUT2D eigenvalue weighted by molar-refractivity contribution is 0.269. The fraction of sp³-hybridized carbons (Fsp3) is 0.211. The highest BCUT2D eigenvalue weighted by Gasteiger charge is 2.27. The fourth-order valence-electron chi connectivity index (χ4n) is 2.54. The molecule has 1 unspecified atom stereocenters. The minimum atomic E-state index is -3.54. The lowest BCUT2D eigenvalue weighted by Crippen LogP contribution is -2.27. The van der Waals surface area contributed by atoms with Gasteiger partial charge in [0.05, 0.1) is 11.2 Å². The van der Waals surface area contributed by atoms with Crippen molar-refractivity contribution >= 4 is 22.2 Å². The summed E-state index contributed by atoms with van der Waals surface area (Å²) in [5, 5.41) is 0. The van der Waals surface area contributed by atoms with Crippen LogP contribution >= 0.6 is 12.4 Å². The van der Waals surface area contributed by atoms with Crippen molar-refractivity contribution in [3.05, 3.63) is 78.9 Å². The summed E-state index contributed by atoms with van der Waals surface area (Å²) in [5.74, 6) is 0.542. The van der Waals surface area contributed by atoms with E-state index in [-0.39, 0.29) is 17.3 Å². The molecule has 0 spiro atoms. The van der Waals surface area contributed by atoms with Crippen molar-refractivity contribution in [3.8, 4) is 5.75 Å². The monoisotopic (exact) mass is 392 g/mol. The first-order valence-corrected chi connectivity index (χ1v) is 9.64. The molecule has 0 saturated heterocycles. The second kappa shape index (κ2) is 8.87. The summed E-state index contributed by atoms with van der Waals surface area (Å²) < 4.78 is 33.2. The van der Waals surface area contributed by atoms with E-state index in [1.54, 1.807) is 61.9 Å². The molecule has 1 aromatic heterocycles. The van der Waals surface area contributed by atoms with Gasteiger partial charge in [0, 0.05) is 18.9 Å². The number of halogens is 1. The SMILES string of the molecule is CCC(Oc1ccc(Cn2ccnc2)cc1)S(=O)(=O)c1ccccc1.Cl. The molecule has 138 valence electrons. The molecular formula is C19H21ClN2O3S. The van der Waals surface area contributed by atoms with E-state index in [1.807, 2.05) is 22.9 Å². The van der Waals surface area contributed by atoms with Crippen molar-refractivity contribution in [2.75, 3.05) is 0 Å². The molecule has 5 nitrogen and oxygen atoms in total. The Kier molecular flexibility index (Phi) is 6.83. The zero-order valence-corrected chi connectivity index (χ0v) is 16.0. The largest absolute Gasteiger partial charge is 0.474 e. The van der Waals surface area contributed by atoms with Gasteiger partial charge < -0.3 is 9.30 Å². The van der Waals surface area contributed by atoms with Crippen LogP contribution < -0.4 is 4.74 Å². The zero-order valence-electron chi connectivity index (χ0n) is 14.4. The zero-order chi connectivity index (χ0) is 17.7. The molecule has 26 heavy (non-hydrogen) atoms. The van der Waals surface area contributed by atoms with Crippen LogP contribution in [0.4, 0.5) is 0 Å². The first-order valence-electron chi connectivity index (χ1n) is 8.10. The van der Waals surface area contributed by atoms with E-state index in [0.717, 1.165) is 5.56 Å². The molecule has 0 fully saturated rings. The van der Waals surface area contributed by atoms with E-state index in [1.165, 1.54) is 0 Å². The van der Waals surface area contributed by atoms with Crippen LogP contribution in [0.2, 0.25) is 0 Å². The first-order chi connectivity index (χ1) is 12.1. The number of hydrogen-bond donors (Lipinski definition) is 0. The van der Waals surface area contributed by atoms with Gasteiger partial charge in [-0.25, -0.2) is 13.4 Å². The van der Waals surface area contributed by atoms with E-state index in [9.17, 15) is 8.42 Å². The highest BCUT2D eigenvalue weighted by molar-refractivity contribution is 7.92. The van der Waals surface area contributed by atoms with Crippen LogP contribution in [0.5, 0.6) is 5.75 Å². The molecule has 0 amide bonds. The summed E-state index contributed by atoms with van der Waals surface area (Å²) in [6.45, 7) is 2.51. The van der Waals surface area contributed by atoms with Gasteiger partial charge in [-0.05, 0) is 36.2 Å². The van der Waals surface area contributed by atoms with E-state index >= 15 is 0 Å². The van der Waals surface area contributed by atoms with Gasteiger partial charge in [0.1, 0.15) is 5.75 Å². The summed E-state index contributed by atoms with van der Waals surface area (Å²) in [5.41, 5.74) is 0.179. The number of nitrogens with zero attached hydrogens (tertiary/aromatic N) is 2. The maximum atomic E-state index is 12.7. The second-order valence-electron chi connectivity index (χ2n) is 5.69. The van der Waals surface area contributed by atoms with Gasteiger partial charge in [-0.2, -0.15) is 0 Å². The molecule has 0 saturated carbocycles. The average Bonchev–Trinajstić information content (AvgIpc) is 3.14. The Balaban J connectivity index is 0.00000243. The third-order valence-electron chi connectivity index (χ3n) is 3.87. The van der Waals surface area contributed by atoms with Gasteiger partial charge in [-0.1, -0.05) is 37.3 Å². The minimum absolute atomic E-state index is 0. The molecule has 3 aromatic rings. The van der Waals surface area contributed by atoms with E-state index in [4.69, 9.17) is 4.74 Å². The standard InChI is InChI=1S/C19H20N2O3S.ClH/c1-2-19(25(22,23)18-6-4-3-5-7-18)24-17-10-8-16(9-11-17)14-21-13-12-20-15-21;/h3-13,15,19H,2,14H2,1H3;1H. The van der Waals surface area contributed by atoms with Crippen molar-refractivity contribution in [2.24, 2.45) is 0 Å². The van der Waals surface area contributed by atoms with Crippen molar-refractivity contribution in [1.29, 1.82) is 0 Å². The van der Waals surface area contributed by atoms with E-state index in [2.05, 4.69) is 4.98 Å². The van der Waals surface area contributed by atoms with Crippen LogP contribution in [0, 0.1) is 0 Å². The third-order valence-corrected chi connectivity index (χ3v) is 5.92. The van der Waals surface area contributed by atoms with Gasteiger partial charge in [0.2, 0.25) is 15.3 Å². The van der Waals surface area contributed by atoms with Crippen LogP contribution in [-0.2, 0) is 16.4 Å². The number of sulfone groups is 1. The van der Waals surface area contributed by atoms with Gasteiger partial charge in [-0.15, -0.1) is 12.4 Å². The maximum absolute atomic E-state index is 12.7. The highest BCUT2D eigenvalue weighted by Crippen LogP contribution is 2.23. The molecule has 1 atom stereocenters.